The molecular weight excluding hydrogens is 288 g/mol. The Labute approximate surface area is 124 Å². The van der Waals surface area contributed by atoms with Crippen LogP contribution in [-0.2, 0) is 13.0 Å². The Kier molecular flexibility index (Phi) is 3.94. The van der Waals surface area contributed by atoms with Crippen LogP contribution in [0.1, 0.15) is 21.3 Å². The maximum absolute atomic E-state index is 10.7. The van der Waals surface area contributed by atoms with Gasteiger partial charge in [-0.1, -0.05) is 12.1 Å². The van der Waals surface area contributed by atoms with E-state index < -0.39 is 5.97 Å². The van der Waals surface area contributed by atoms with E-state index in [1.807, 2.05) is 24.3 Å². The topological polar surface area (TPSA) is 90.9 Å². The number of fused-ring (bicyclic) bond motifs is 1. The minimum atomic E-state index is -0.979. The van der Waals surface area contributed by atoms with Crippen LogP contribution < -0.4 is 5.32 Å². The number of imidazole rings is 1. The van der Waals surface area contributed by atoms with Gasteiger partial charge in [0.25, 0.3) is 0 Å². The molecule has 0 amide bonds. The summed E-state index contributed by atoms with van der Waals surface area (Å²) in [6, 6.07) is 7.90. The molecule has 0 aliphatic rings. The third-order valence-electron chi connectivity index (χ3n) is 3.02. The fraction of sp³-hybridized carbons (Fsp3) is 0.214. The van der Waals surface area contributed by atoms with Gasteiger partial charge >= 0.3 is 5.97 Å². The molecule has 3 aromatic rings. The second kappa shape index (κ2) is 6.02. The number of rotatable bonds is 6. The fourth-order valence-corrected chi connectivity index (χ4v) is 2.79. The van der Waals surface area contributed by atoms with Crippen LogP contribution in [0, 0.1) is 0 Å². The number of carbonyl (C=O) groups is 1. The molecule has 0 saturated heterocycles. The molecule has 0 spiro atoms. The van der Waals surface area contributed by atoms with Gasteiger partial charge in [-0.25, -0.2) is 14.8 Å². The molecule has 6 nitrogen and oxygen atoms in total. The minimum Gasteiger partial charge on any atom is -0.476 e. The molecule has 0 aliphatic carbocycles. The lowest BCUT2D eigenvalue weighted by Gasteiger charge is -2.00. The van der Waals surface area contributed by atoms with Crippen molar-refractivity contribution in [2.24, 2.45) is 0 Å². The van der Waals surface area contributed by atoms with Gasteiger partial charge < -0.3 is 15.4 Å². The lowest BCUT2D eigenvalue weighted by atomic mass is 10.3. The van der Waals surface area contributed by atoms with Crippen LogP contribution in [0.5, 0.6) is 0 Å². The van der Waals surface area contributed by atoms with E-state index in [-0.39, 0.29) is 5.69 Å². The Morgan fingerprint density at radius 2 is 2.19 bits per heavy atom. The maximum atomic E-state index is 10.7. The van der Waals surface area contributed by atoms with E-state index in [1.165, 1.54) is 11.3 Å². The summed E-state index contributed by atoms with van der Waals surface area (Å²) in [5, 5.41) is 14.5. The molecule has 2 aromatic heterocycles. The van der Waals surface area contributed by atoms with Crippen molar-refractivity contribution in [1.29, 1.82) is 0 Å². The quantitative estimate of drug-likeness (QED) is 0.606. The van der Waals surface area contributed by atoms with E-state index in [0.29, 0.717) is 13.0 Å². The summed E-state index contributed by atoms with van der Waals surface area (Å²) in [5.41, 5.74) is 2.10. The first-order valence-corrected chi connectivity index (χ1v) is 7.42. The zero-order chi connectivity index (χ0) is 14.7. The van der Waals surface area contributed by atoms with Crippen molar-refractivity contribution in [1.82, 2.24) is 20.3 Å². The van der Waals surface area contributed by atoms with Crippen LogP contribution in [-0.4, -0.2) is 32.6 Å². The Hall–Kier alpha value is -2.25. The number of nitrogens with one attached hydrogen (secondary N) is 2. The summed E-state index contributed by atoms with van der Waals surface area (Å²) in [5.74, 6) is -0.0886. The van der Waals surface area contributed by atoms with Crippen molar-refractivity contribution < 1.29 is 9.90 Å². The Morgan fingerprint density at radius 3 is 2.95 bits per heavy atom. The molecule has 108 valence electrons. The lowest BCUT2D eigenvalue weighted by Crippen LogP contribution is -2.17. The number of thiazole rings is 1. The predicted octanol–water partition coefficient (Wildman–Crippen LogP) is 2.05. The normalized spacial score (nSPS) is 11.0. The van der Waals surface area contributed by atoms with Crippen molar-refractivity contribution in [3.8, 4) is 0 Å². The van der Waals surface area contributed by atoms with Crippen LogP contribution in [0.2, 0.25) is 0 Å². The second-order valence-electron chi connectivity index (χ2n) is 4.56. The zero-order valence-electron chi connectivity index (χ0n) is 11.2. The standard InChI is InChI=1S/C14H14N4O2S/c19-14(20)11-8-21-13(18-11)5-6-15-7-12-16-9-3-1-2-4-10(9)17-12/h1-4,8,15H,5-7H2,(H,16,17)(H,19,20). The van der Waals surface area contributed by atoms with E-state index in [1.54, 1.807) is 5.38 Å². The molecule has 0 radical (unpaired) electrons. The van der Waals surface area contributed by atoms with Crippen LogP contribution in [0.4, 0.5) is 0 Å². The molecule has 0 saturated carbocycles. The molecule has 3 N–H and O–H groups in total. The van der Waals surface area contributed by atoms with E-state index in [9.17, 15) is 4.79 Å². The fourth-order valence-electron chi connectivity index (χ4n) is 2.02. The van der Waals surface area contributed by atoms with E-state index in [2.05, 4.69) is 20.3 Å². The highest BCUT2D eigenvalue weighted by Gasteiger charge is 2.08. The van der Waals surface area contributed by atoms with Gasteiger partial charge in [-0.2, -0.15) is 0 Å². The largest absolute Gasteiger partial charge is 0.476 e. The number of aromatic carboxylic acids is 1. The van der Waals surface area contributed by atoms with Gasteiger partial charge in [0.15, 0.2) is 5.69 Å². The monoisotopic (exact) mass is 302 g/mol. The van der Waals surface area contributed by atoms with Crippen molar-refractivity contribution in [2.45, 2.75) is 13.0 Å². The SMILES string of the molecule is O=C(O)c1csc(CCNCc2nc3ccccc3[nH]2)n1. The Bertz CT molecular complexity index is 732. The van der Waals surface area contributed by atoms with E-state index >= 15 is 0 Å². The first-order valence-electron chi connectivity index (χ1n) is 6.54. The summed E-state index contributed by atoms with van der Waals surface area (Å²) >= 11 is 1.37. The van der Waals surface area contributed by atoms with Crippen molar-refractivity contribution in [2.75, 3.05) is 6.54 Å². The summed E-state index contributed by atoms with van der Waals surface area (Å²) < 4.78 is 0. The Morgan fingerprint density at radius 1 is 1.33 bits per heavy atom. The van der Waals surface area contributed by atoms with Gasteiger partial charge in [0.05, 0.1) is 22.6 Å². The number of aromatic nitrogens is 3. The number of H-pyrrole nitrogens is 1. The summed E-state index contributed by atoms with van der Waals surface area (Å²) in [6.45, 7) is 1.37. The predicted molar refractivity (Wildman–Crippen MR) is 80.6 cm³/mol. The number of aromatic amines is 1. The average molecular weight is 302 g/mol. The van der Waals surface area contributed by atoms with Gasteiger partial charge in [0.2, 0.25) is 0 Å². The average Bonchev–Trinajstić information content (AvgIpc) is 3.10. The lowest BCUT2D eigenvalue weighted by molar-refractivity contribution is 0.0691. The molecule has 0 unspecified atom stereocenters. The van der Waals surface area contributed by atoms with E-state index in [4.69, 9.17) is 5.11 Å². The van der Waals surface area contributed by atoms with Gasteiger partial charge in [-0.05, 0) is 12.1 Å². The van der Waals surface area contributed by atoms with Crippen molar-refractivity contribution in [3.63, 3.8) is 0 Å². The zero-order valence-corrected chi connectivity index (χ0v) is 12.0. The van der Waals surface area contributed by atoms with Crippen LogP contribution >= 0.6 is 11.3 Å². The van der Waals surface area contributed by atoms with Crippen LogP contribution in [0.25, 0.3) is 11.0 Å². The smallest absolute Gasteiger partial charge is 0.355 e. The molecule has 0 atom stereocenters. The number of hydrogen-bond acceptors (Lipinski definition) is 5. The van der Waals surface area contributed by atoms with E-state index in [0.717, 1.165) is 28.4 Å². The highest BCUT2D eigenvalue weighted by atomic mass is 32.1. The number of nitrogens with zero attached hydrogens (tertiary/aromatic N) is 2. The van der Waals surface area contributed by atoms with Crippen molar-refractivity contribution in [3.05, 3.63) is 46.2 Å². The molecule has 7 heteroatoms. The molecule has 0 aliphatic heterocycles. The summed E-state index contributed by atoms with van der Waals surface area (Å²) in [4.78, 5) is 22.5. The third-order valence-corrected chi connectivity index (χ3v) is 3.93. The van der Waals surface area contributed by atoms with Gasteiger partial charge in [-0.3, -0.25) is 0 Å². The molecule has 1 aromatic carbocycles. The molecule has 3 rings (SSSR count). The molecule has 0 fully saturated rings. The molecule has 2 heterocycles. The summed E-state index contributed by atoms with van der Waals surface area (Å²) in [7, 11) is 0. The number of para-hydroxylation sites is 2. The first-order chi connectivity index (χ1) is 10.2. The molecule has 0 bridgehead atoms. The van der Waals surface area contributed by atoms with Gasteiger partial charge in [-0.15, -0.1) is 11.3 Å². The van der Waals surface area contributed by atoms with Crippen molar-refractivity contribution >= 4 is 28.3 Å². The van der Waals surface area contributed by atoms with Crippen LogP contribution in [0.15, 0.2) is 29.6 Å². The van der Waals surface area contributed by atoms with Crippen LogP contribution in [0.3, 0.4) is 0 Å². The minimum absolute atomic E-state index is 0.118. The number of hydrogen-bond donors (Lipinski definition) is 3. The number of carboxylic acids is 1. The summed E-state index contributed by atoms with van der Waals surface area (Å²) in [6.07, 6.45) is 0.707. The Balaban J connectivity index is 1.50. The second-order valence-corrected chi connectivity index (χ2v) is 5.50. The molecule has 21 heavy (non-hydrogen) atoms. The number of carboxylic acid groups (broad SMARTS) is 1. The highest BCUT2D eigenvalue weighted by molar-refractivity contribution is 7.09. The highest BCUT2D eigenvalue weighted by Crippen LogP contribution is 2.11. The molecular formula is C14H14N4O2S. The maximum Gasteiger partial charge on any atom is 0.355 e. The third kappa shape index (κ3) is 3.26. The number of benzene rings is 1. The van der Waals surface area contributed by atoms with Gasteiger partial charge in [0, 0.05) is 18.3 Å². The first kappa shape index (κ1) is 13.7. The van der Waals surface area contributed by atoms with Gasteiger partial charge in [0.1, 0.15) is 5.82 Å².